The van der Waals surface area contributed by atoms with Crippen LogP contribution in [0.15, 0.2) is 11.9 Å². The van der Waals surface area contributed by atoms with Crippen molar-refractivity contribution in [3.8, 4) is 0 Å². The van der Waals surface area contributed by atoms with E-state index in [0.29, 0.717) is 0 Å². The third-order valence-corrected chi connectivity index (χ3v) is 0.527. The van der Waals surface area contributed by atoms with Crippen LogP contribution in [0.2, 0.25) is 0 Å². The van der Waals surface area contributed by atoms with Crippen LogP contribution in [-0.4, -0.2) is 6.61 Å². The monoisotopic (exact) mass is 125 g/mol. The number of halogens is 3. The average molecular weight is 125 g/mol. The number of hydrogen-bond donors (Lipinski definition) is 0. The fourth-order valence-electron chi connectivity index (χ4n) is 0.184. The fourth-order valence-corrected chi connectivity index (χ4v) is 0.184. The molecule has 0 aliphatic heterocycles. The molecular weight excluding hydrogens is 121 g/mol. The Morgan fingerprint density at radius 3 is 1.88 bits per heavy atom. The Hall–Kier alpha value is -0.510. The van der Waals surface area contributed by atoms with E-state index >= 15 is 0 Å². The highest BCUT2D eigenvalue weighted by Gasteiger charge is 2.02. The third-order valence-electron chi connectivity index (χ3n) is 0.527. The molecule has 0 aliphatic carbocycles. The molecule has 4 heteroatoms. The van der Waals surface area contributed by atoms with E-state index < -0.39 is 24.9 Å². The van der Waals surface area contributed by atoms with Gasteiger partial charge in [0, 0.05) is 6.42 Å². The van der Waals surface area contributed by atoms with Crippen molar-refractivity contribution in [2.24, 2.45) is 0 Å². The smallest absolute Gasteiger partial charge is 0.236 e. The summed E-state index contributed by atoms with van der Waals surface area (Å²) in [5, 5.41) is 9.44. The molecule has 8 heavy (non-hydrogen) atoms. The maximum absolute atomic E-state index is 11.5. The van der Waals surface area contributed by atoms with E-state index in [0.717, 1.165) is 0 Å². The second-order valence-corrected chi connectivity index (χ2v) is 1.12. The number of rotatable bonds is 2. The van der Waals surface area contributed by atoms with E-state index in [-0.39, 0.29) is 0 Å². The molecule has 0 rings (SSSR count). The van der Waals surface area contributed by atoms with Gasteiger partial charge in [-0.25, -0.2) is 9.50 Å². The van der Waals surface area contributed by atoms with Crippen LogP contribution < -0.4 is 0 Å². The molecule has 0 saturated carbocycles. The fraction of sp³-hybridized carbons (Fsp3) is 0.500. The summed E-state index contributed by atoms with van der Waals surface area (Å²) in [4.78, 5) is 0. The Morgan fingerprint density at radius 1 is 1.25 bits per heavy atom. The van der Waals surface area contributed by atoms with Crippen molar-refractivity contribution in [1.29, 1.82) is 0 Å². The van der Waals surface area contributed by atoms with Crippen LogP contribution in [0, 0.1) is 0 Å². The van der Waals surface area contributed by atoms with Crippen molar-refractivity contribution in [3.05, 3.63) is 11.9 Å². The third kappa shape index (κ3) is 2.63. The maximum Gasteiger partial charge on any atom is 0.301 e. The molecule has 0 N–H and O–H groups in total. The van der Waals surface area contributed by atoms with Gasteiger partial charge in [0.05, 0.1) is 6.61 Å². The molecule has 0 saturated heterocycles. The van der Waals surface area contributed by atoms with Gasteiger partial charge in [0.15, 0.2) is 5.83 Å². The van der Waals surface area contributed by atoms with Gasteiger partial charge in [-0.3, -0.25) is 0 Å². The molecule has 0 aromatic heterocycles. The first-order chi connectivity index (χ1) is 3.68. The van der Waals surface area contributed by atoms with Gasteiger partial charge < -0.3 is 0 Å². The van der Waals surface area contributed by atoms with Gasteiger partial charge in [-0.2, -0.15) is 8.78 Å². The highest BCUT2D eigenvalue weighted by Crippen LogP contribution is 2.11. The summed E-state index contributed by atoms with van der Waals surface area (Å²) >= 11 is 0. The van der Waals surface area contributed by atoms with Gasteiger partial charge in [-0.15, -0.1) is 0 Å². The molecule has 0 atom stereocenters. The Labute approximate surface area is 44.4 Å². The summed E-state index contributed by atoms with van der Waals surface area (Å²) in [6.45, 7) is -0.830. The van der Waals surface area contributed by atoms with Gasteiger partial charge in [0.1, 0.15) is 0 Å². The lowest BCUT2D eigenvalue weighted by Crippen LogP contribution is -1.81. The zero-order valence-corrected chi connectivity index (χ0v) is 3.96. The molecule has 0 fully saturated rings. The molecule has 0 amide bonds. The van der Waals surface area contributed by atoms with E-state index in [1.165, 1.54) is 0 Å². The quantitative estimate of drug-likeness (QED) is 0.537. The van der Waals surface area contributed by atoms with E-state index in [4.69, 9.17) is 0 Å². The van der Waals surface area contributed by atoms with Crippen molar-refractivity contribution in [2.45, 2.75) is 6.42 Å². The molecular formula is C4H4F3O. The van der Waals surface area contributed by atoms with Crippen molar-refractivity contribution < 1.29 is 18.3 Å². The van der Waals surface area contributed by atoms with Crippen LogP contribution in [0.25, 0.3) is 0 Å². The Morgan fingerprint density at radius 2 is 1.75 bits per heavy atom. The highest BCUT2D eigenvalue weighted by molar-refractivity contribution is 4.90. The Bertz CT molecular complexity index is 95.5. The summed E-state index contributed by atoms with van der Waals surface area (Å²) in [6, 6.07) is 0. The average Bonchev–Trinajstić information content (AvgIpc) is 1.67. The van der Waals surface area contributed by atoms with E-state index in [9.17, 15) is 18.3 Å². The molecule has 47 valence electrons. The topological polar surface area (TPSA) is 19.9 Å². The zero-order chi connectivity index (χ0) is 6.57. The Balaban J connectivity index is 3.62. The van der Waals surface area contributed by atoms with Crippen LogP contribution in [0.4, 0.5) is 13.2 Å². The van der Waals surface area contributed by atoms with Crippen molar-refractivity contribution >= 4 is 0 Å². The number of hydrogen-bond acceptors (Lipinski definition) is 0. The van der Waals surface area contributed by atoms with Crippen LogP contribution in [0.5, 0.6) is 0 Å². The summed E-state index contributed by atoms with van der Waals surface area (Å²) in [6.07, 6.45) is -3.09. The first kappa shape index (κ1) is 7.49. The van der Waals surface area contributed by atoms with Gasteiger partial charge in [-0.05, 0) is 0 Å². The zero-order valence-electron chi connectivity index (χ0n) is 3.96. The summed E-state index contributed by atoms with van der Waals surface area (Å²) in [7, 11) is 0. The summed E-state index contributed by atoms with van der Waals surface area (Å²) in [5.74, 6) is -1.60. The van der Waals surface area contributed by atoms with E-state index in [2.05, 4.69) is 0 Å². The molecule has 0 bridgehead atoms. The standard InChI is InChI=1S/C4H4F3O/c5-3(1-2-8)4(6)7/h1-2H2. The predicted octanol–water partition coefficient (Wildman–Crippen LogP) is 1.88. The van der Waals surface area contributed by atoms with Gasteiger partial charge in [0.25, 0.3) is 0 Å². The van der Waals surface area contributed by atoms with Crippen molar-refractivity contribution in [1.82, 2.24) is 0 Å². The van der Waals surface area contributed by atoms with E-state index in [1.54, 1.807) is 0 Å². The molecule has 0 aliphatic rings. The second kappa shape index (κ2) is 3.49. The summed E-state index contributed by atoms with van der Waals surface area (Å²) in [5.41, 5.74) is 0. The minimum Gasteiger partial charge on any atom is -0.236 e. The lowest BCUT2D eigenvalue weighted by molar-refractivity contribution is 0.187. The minimum atomic E-state index is -2.39. The molecule has 1 radical (unpaired) electrons. The van der Waals surface area contributed by atoms with Crippen LogP contribution in [0.3, 0.4) is 0 Å². The van der Waals surface area contributed by atoms with Gasteiger partial charge >= 0.3 is 6.08 Å². The first-order valence-electron chi connectivity index (χ1n) is 1.96. The minimum absolute atomic E-state index is 0.706. The normalized spacial score (nSPS) is 9.00. The molecule has 0 aromatic rings. The molecule has 1 nitrogen and oxygen atoms in total. The highest BCUT2D eigenvalue weighted by atomic mass is 19.3. The SMILES string of the molecule is [O]CCC(F)=C(F)F. The molecule has 0 heterocycles. The molecule has 0 unspecified atom stereocenters. The van der Waals surface area contributed by atoms with Crippen molar-refractivity contribution in [2.75, 3.05) is 6.61 Å². The lowest BCUT2D eigenvalue weighted by Gasteiger charge is -1.85. The van der Waals surface area contributed by atoms with Crippen LogP contribution in [0.1, 0.15) is 6.42 Å². The predicted molar refractivity (Wildman–Crippen MR) is 20.5 cm³/mol. The molecule has 0 aromatic carbocycles. The Kier molecular flexibility index (Phi) is 3.26. The maximum atomic E-state index is 11.5. The largest absolute Gasteiger partial charge is 0.301 e. The van der Waals surface area contributed by atoms with Crippen LogP contribution >= 0.6 is 0 Å². The van der Waals surface area contributed by atoms with E-state index in [1.807, 2.05) is 0 Å². The molecule has 0 spiro atoms. The summed E-state index contributed by atoms with van der Waals surface area (Å²) < 4.78 is 33.4. The second-order valence-electron chi connectivity index (χ2n) is 1.12. The van der Waals surface area contributed by atoms with Gasteiger partial charge in [-0.1, -0.05) is 0 Å². The first-order valence-corrected chi connectivity index (χ1v) is 1.96. The van der Waals surface area contributed by atoms with Crippen molar-refractivity contribution in [3.63, 3.8) is 0 Å². The lowest BCUT2D eigenvalue weighted by atomic mass is 10.4. The van der Waals surface area contributed by atoms with Gasteiger partial charge in [0.2, 0.25) is 0 Å². The van der Waals surface area contributed by atoms with Crippen LogP contribution in [-0.2, 0) is 5.11 Å².